The summed E-state index contributed by atoms with van der Waals surface area (Å²) in [6.45, 7) is -6.43. The molecule has 7 aliphatic heterocycles. The number of unbranched alkanes of at least 4 members (excludes halogenated alkanes) is 1. The zero-order valence-corrected chi connectivity index (χ0v) is 56.9. The van der Waals surface area contributed by atoms with Gasteiger partial charge in [-0.25, -0.2) is 14.2 Å². The van der Waals surface area contributed by atoms with Gasteiger partial charge < -0.3 is 175 Å². The van der Waals surface area contributed by atoms with Crippen molar-refractivity contribution < 1.29 is 196 Å². The average Bonchev–Trinajstić information content (AvgIpc) is 0.847. The van der Waals surface area contributed by atoms with Crippen molar-refractivity contribution in [3.8, 4) is 0 Å². The second-order valence-electron chi connectivity index (χ2n) is 25.1. The van der Waals surface area contributed by atoms with Gasteiger partial charge in [-0.15, -0.1) is 5.06 Å². The molecule has 598 valence electrons. The van der Waals surface area contributed by atoms with Crippen molar-refractivity contribution in [2.75, 3.05) is 72.5 Å². The molecule has 7 rings (SSSR count). The second-order valence-corrected chi connectivity index (χ2v) is 26.6. The first-order chi connectivity index (χ1) is 49.3. The number of rotatable bonds is 35. The highest BCUT2D eigenvalue weighted by Crippen LogP contribution is 2.44. The number of carbonyl (C=O) groups excluding carboxylic acids is 7. The molecule has 47 heteroatoms. The molecule has 0 aromatic carbocycles. The van der Waals surface area contributed by atoms with Gasteiger partial charge in [0.25, 0.3) is 11.8 Å². The fourth-order valence-corrected chi connectivity index (χ4v) is 12.8. The molecule has 13 unspecified atom stereocenters. The van der Waals surface area contributed by atoms with Crippen molar-refractivity contribution in [1.29, 1.82) is 0 Å². The molecule has 0 radical (unpaired) electrons. The predicted molar refractivity (Wildman–Crippen MR) is 327 cm³/mol. The minimum atomic E-state index is -5.14. The summed E-state index contributed by atoms with van der Waals surface area (Å²) in [7, 11) is -5.14. The van der Waals surface area contributed by atoms with Crippen LogP contribution >= 0.6 is 7.82 Å². The molecule has 0 bridgehead atoms. The Bertz CT molecular complexity index is 2810. The van der Waals surface area contributed by atoms with Gasteiger partial charge in [-0.1, -0.05) is 0 Å². The van der Waals surface area contributed by atoms with Crippen LogP contribution < -0.4 is 26.6 Å². The van der Waals surface area contributed by atoms with Crippen LogP contribution in [0, 0.1) is 0 Å². The Labute approximate surface area is 590 Å². The van der Waals surface area contributed by atoms with E-state index in [4.69, 9.17) is 66.0 Å². The Balaban J connectivity index is 0.998. The van der Waals surface area contributed by atoms with E-state index in [9.17, 15) is 130 Å². The van der Waals surface area contributed by atoms with Crippen molar-refractivity contribution in [3.63, 3.8) is 0 Å². The number of ether oxygens (including phenoxy) is 11. The summed E-state index contributed by atoms with van der Waals surface area (Å²) in [4.78, 5) is 101. The summed E-state index contributed by atoms with van der Waals surface area (Å²) in [5.41, 5.74) is 0. The minimum absolute atomic E-state index is 0.0401. The Hall–Kier alpha value is -4.72. The second kappa shape index (κ2) is 40.1. The summed E-state index contributed by atoms with van der Waals surface area (Å²) in [5.74, 6) is -4.25. The van der Waals surface area contributed by atoms with Crippen molar-refractivity contribution in [2.45, 2.75) is 243 Å². The van der Waals surface area contributed by atoms with Crippen LogP contribution in [0.4, 0.5) is 4.79 Å². The lowest BCUT2D eigenvalue weighted by Crippen LogP contribution is -2.71. The van der Waals surface area contributed by atoms with Crippen LogP contribution in [-0.2, 0) is 99.3 Å². The number of hydroxylamine groups is 2. The number of aliphatic hydroxyl groups excluding tert-OH is 17. The van der Waals surface area contributed by atoms with E-state index in [-0.39, 0.29) is 63.9 Å². The Kier molecular flexibility index (Phi) is 33.4. The van der Waals surface area contributed by atoms with Crippen molar-refractivity contribution >= 4 is 49.4 Å². The topological polar surface area (TPSA) is 693 Å². The minimum Gasteiger partial charge on any atom is -0.394 e. The maximum absolute atomic E-state index is 13.3. The van der Waals surface area contributed by atoms with Crippen molar-refractivity contribution in [2.24, 2.45) is 0 Å². The standard InChI is InChI=1S/C57H95N6O40P/c1-21(70)61-34-49(100-54-44(84)41(81)36(76)23(14-64)94-54)38(78)26(17-67)93-52(34)98-47-27(18-68)97-56(46(86)43(47)83)99-48-28(19-69)96-53(35(62-22(2)71)50(48)101-55-45(85)42(82)37(77)24(15-65)95-55)102-51-39(79)25(16-66)92-29(40(51)80)20-91-104(88,89)90-13-12-60-57(87)59-11-5-10-58-30(72)6-3-4-7-33(75)103-63-31(73)8-9-32(63)74/h23-29,34-56,64-69,76-86H,3-20H2,1-2H3,(H,58,72)(H,61,70)(H,62,71)(H,88,89)(H2,59,60,87)/t23?,24?,25?,26?,27?,28?,29-,34?,35?,36-,37-,38+,39-,40+,41+,42+,43?,44?,45?,46+,47-,48+,49-,50-,51?,52+,53+,54+,55+,56-/m1/s1. The van der Waals surface area contributed by atoms with Gasteiger partial charge in [-0.2, -0.15) is 0 Å². The number of hydrogen-bond donors (Lipinski definition) is 23. The van der Waals surface area contributed by atoms with Gasteiger partial charge in [0.15, 0.2) is 31.5 Å². The largest absolute Gasteiger partial charge is 0.472 e. The lowest BCUT2D eigenvalue weighted by Gasteiger charge is -2.52. The van der Waals surface area contributed by atoms with Gasteiger partial charge in [-0.05, 0) is 19.3 Å². The molecule has 0 aromatic rings. The smallest absolute Gasteiger partial charge is 0.394 e. The Morgan fingerprint density at radius 3 is 1.38 bits per heavy atom. The van der Waals surface area contributed by atoms with Crippen LogP contribution in [0.2, 0.25) is 0 Å². The summed E-state index contributed by atoms with van der Waals surface area (Å²) in [5, 5.41) is 198. The molecule has 0 aliphatic carbocycles. The number of nitrogens with one attached hydrogen (secondary N) is 5. The highest BCUT2D eigenvalue weighted by Gasteiger charge is 2.59. The normalized spacial score (nSPS) is 39.7. The highest BCUT2D eigenvalue weighted by atomic mass is 31.2. The predicted octanol–water partition coefficient (Wildman–Crippen LogP) is -13.7. The number of nitrogens with zero attached hydrogens (tertiary/aromatic N) is 1. The van der Waals surface area contributed by atoms with Gasteiger partial charge in [0.1, 0.15) is 152 Å². The SMILES string of the molecule is CC(=O)NC1[C@H](O[C@@H]2C(CO)O[C@H](O[C@H]3C(CO)O[C@@H](OC4[C@H](O)C(CO)O[C@H](COP(=O)(O)OCCNC(=O)NCCCNC(=O)CCCCC(=O)ON5C(=O)CCC5=O)[C@@H]4O)C(NC(C)=O)[C@H]3O[C@@H]3OC(CO)[C@@H](O)[C@H](O)C3O)[C@@H](O)C2O)OC(CO)[C@H](O)[C@@H]1O[C@@H]1OC(CO)[C@@H](O)[C@H](O)C1O. The van der Waals surface area contributed by atoms with E-state index in [0.29, 0.717) is 5.06 Å². The summed E-state index contributed by atoms with van der Waals surface area (Å²) >= 11 is 0. The number of hydrogen-bond acceptors (Lipinski definition) is 39. The molecule has 7 fully saturated rings. The molecule has 0 aromatic heterocycles. The molecular weight excluding hydrogens is 1440 g/mol. The quantitative estimate of drug-likeness (QED) is 0.0159. The van der Waals surface area contributed by atoms with Gasteiger partial charge in [0.05, 0.1) is 52.9 Å². The monoisotopic (exact) mass is 1530 g/mol. The van der Waals surface area contributed by atoms with E-state index in [1.165, 1.54) is 0 Å². The fraction of sp³-hybridized carbons (Fsp3) is 0.877. The van der Waals surface area contributed by atoms with Crippen LogP contribution in [0.1, 0.15) is 58.8 Å². The van der Waals surface area contributed by atoms with E-state index in [1.54, 1.807) is 0 Å². The lowest BCUT2D eigenvalue weighted by molar-refractivity contribution is -0.391. The highest BCUT2D eigenvalue weighted by molar-refractivity contribution is 7.47. The first-order valence-corrected chi connectivity index (χ1v) is 34.7. The van der Waals surface area contributed by atoms with Gasteiger partial charge in [-0.3, -0.25) is 33.0 Å². The molecule has 7 saturated heterocycles. The van der Waals surface area contributed by atoms with Crippen molar-refractivity contribution in [3.05, 3.63) is 0 Å². The number of imide groups is 1. The van der Waals surface area contributed by atoms with Crippen LogP contribution in [-0.4, -0.2) is 395 Å². The molecule has 104 heavy (non-hydrogen) atoms. The van der Waals surface area contributed by atoms with Gasteiger partial charge in [0.2, 0.25) is 17.7 Å². The van der Waals surface area contributed by atoms with Crippen LogP contribution in [0.15, 0.2) is 0 Å². The molecular formula is C57H95N6O40P. The van der Waals surface area contributed by atoms with Gasteiger partial charge >= 0.3 is 19.8 Å². The third kappa shape index (κ3) is 22.3. The zero-order chi connectivity index (χ0) is 76.6. The molecule has 31 atom stereocenters. The number of urea groups is 1. The molecule has 0 spiro atoms. The molecule has 0 saturated carbocycles. The Morgan fingerprint density at radius 1 is 0.433 bits per heavy atom. The number of phosphoric acid groups is 1. The lowest BCUT2D eigenvalue weighted by atomic mass is 9.92. The number of carbonyl (C=O) groups is 7. The maximum Gasteiger partial charge on any atom is 0.472 e. The zero-order valence-electron chi connectivity index (χ0n) is 56.0. The number of aliphatic hydroxyl groups is 17. The summed E-state index contributed by atoms with van der Waals surface area (Å²) < 4.78 is 87.9. The van der Waals surface area contributed by atoms with Crippen LogP contribution in [0.3, 0.4) is 0 Å². The molecule has 46 nitrogen and oxygen atoms in total. The molecule has 7 aliphatic rings. The maximum atomic E-state index is 13.3. The number of phosphoric ester groups is 1. The molecule has 23 N–H and O–H groups in total. The first kappa shape index (κ1) is 86.5. The van der Waals surface area contributed by atoms with Crippen LogP contribution in [0.5, 0.6) is 0 Å². The Morgan fingerprint density at radius 2 is 0.837 bits per heavy atom. The number of amides is 7. The van der Waals surface area contributed by atoms with Crippen LogP contribution in [0.25, 0.3) is 0 Å². The van der Waals surface area contributed by atoms with E-state index in [1.807, 2.05) is 0 Å². The third-order valence-electron chi connectivity index (χ3n) is 17.6. The van der Waals surface area contributed by atoms with E-state index in [0.717, 1.165) is 13.8 Å². The summed E-state index contributed by atoms with van der Waals surface area (Å²) in [6, 6.07) is -4.51. The van der Waals surface area contributed by atoms with Crippen molar-refractivity contribution in [1.82, 2.24) is 31.6 Å². The summed E-state index contributed by atoms with van der Waals surface area (Å²) in [6.07, 6.45) is -55.8. The molecule has 7 heterocycles. The van der Waals surface area contributed by atoms with E-state index in [2.05, 4.69) is 26.6 Å². The van der Waals surface area contributed by atoms with E-state index >= 15 is 0 Å². The first-order valence-electron chi connectivity index (χ1n) is 33.2. The average molecular weight is 1540 g/mol. The third-order valence-corrected chi connectivity index (χ3v) is 18.6. The van der Waals surface area contributed by atoms with E-state index < -0.39 is 287 Å². The fourth-order valence-electron chi connectivity index (χ4n) is 12.1. The molecule has 7 amide bonds. The van der Waals surface area contributed by atoms with Gasteiger partial charge in [0, 0.05) is 59.2 Å².